The topological polar surface area (TPSA) is 117 Å². The number of rotatable bonds is 6. The van der Waals surface area contributed by atoms with E-state index in [0.29, 0.717) is 18.4 Å². The third-order valence-corrected chi connectivity index (χ3v) is 5.94. The SMILES string of the molecule is COC(=O)[C@@H]1Cc2cc(O)c(C[C@H](CCO)c3ccc(O)cc3)cc2CN1C(=O)OC(C)(C)C. The molecular weight excluding hydrogens is 438 g/mol. The number of esters is 1. The third-order valence-electron chi connectivity index (χ3n) is 5.94. The lowest BCUT2D eigenvalue weighted by atomic mass is 9.86. The van der Waals surface area contributed by atoms with Crippen molar-refractivity contribution in [3.63, 3.8) is 0 Å². The Morgan fingerprint density at radius 1 is 1.12 bits per heavy atom. The first-order chi connectivity index (χ1) is 16.0. The molecule has 0 aromatic heterocycles. The van der Waals surface area contributed by atoms with Gasteiger partial charge < -0.3 is 24.8 Å². The number of hydrogen-bond donors (Lipinski definition) is 3. The van der Waals surface area contributed by atoms with E-state index >= 15 is 0 Å². The van der Waals surface area contributed by atoms with Crippen molar-refractivity contribution < 1.29 is 34.4 Å². The predicted molar refractivity (Wildman–Crippen MR) is 126 cm³/mol. The first-order valence-corrected chi connectivity index (χ1v) is 11.3. The number of aromatic hydroxyl groups is 2. The molecule has 2 atom stereocenters. The predicted octanol–water partition coefficient (Wildman–Crippen LogP) is 3.64. The minimum absolute atomic E-state index is 0.0233. The van der Waals surface area contributed by atoms with Crippen LogP contribution in [0.5, 0.6) is 11.5 Å². The monoisotopic (exact) mass is 471 g/mol. The molecule has 3 N–H and O–H groups in total. The molecule has 0 unspecified atom stereocenters. The number of methoxy groups -OCH3 is 1. The van der Waals surface area contributed by atoms with Crippen molar-refractivity contribution in [2.75, 3.05) is 13.7 Å². The van der Waals surface area contributed by atoms with E-state index in [1.54, 1.807) is 51.1 Å². The van der Waals surface area contributed by atoms with E-state index in [0.717, 1.165) is 16.7 Å². The Bertz CT molecular complexity index is 1030. The van der Waals surface area contributed by atoms with Crippen LogP contribution in [0.4, 0.5) is 4.79 Å². The minimum atomic E-state index is -0.850. The summed E-state index contributed by atoms with van der Waals surface area (Å²) < 4.78 is 10.4. The van der Waals surface area contributed by atoms with Gasteiger partial charge in [0, 0.05) is 13.0 Å². The summed E-state index contributed by atoms with van der Waals surface area (Å²) in [6.07, 6.45) is 0.533. The average molecular weight is 472 g/mol. The van der Waals surface area contributed by atoms with E-state index in [9.17, 15) is 24.9 Å². The van der Waals surface area contributed by atoms with Crippen LogP contribution in [0.1, 0.15) is 55.4 Å². The number of amides is 1. The molecule has 0 saturated heterocycles. The number of hydrogen-bond acceptors (Lipinski definition) is 7. The molecule has 0 spiro atoms. The van der Waals surface area contributed by atoms with Gasteiger partial charge in [0.25, 0.3) is 0 Å². The first-order valence-electron chi connectivity index (χ1n) is 11.3. The summed E-state index contributed by atoms with van der Waals surface area (Å²) in [5, 5.41) is 29.9. The highest BCUT2D eigenvalue weighted by molar-refractivity contribution is 5.82. The van der Waals surface area contributed by atoms with Crippen molar-refractivity contribution in [1.29, 1.82) is 0 Å². The molecule has 0 radical (unpaired) electrons. The van der Waals surface area contributed by atoms with E-state index in [4.69, 9.17) is 9.47 Å². The van der Waals surface area contributed by atoms with Gasteiger partial charge in [-0.25, -0.2) is 9.59 Å². The quantitative estimate of drug-likeness (QED) is 0.551. The summed E-state index contributed by atoms with van der Waals surface area (Å²) >= 11 is 0. The lowest BCUT2D eigenvalue weighted by Crippen LogP contribution is -2.50. The molecule has 2 aromatic carbocycles. The number of fused-ring (bicyclic) bond motifs is 1. The summed E-state index contributed by atoms with van der Waals surface area (Å²) in [4.78, 5) is 26.7. The van der Waals surface area contributed by atoms with Crippen molar-refractivity contribution in [1.82, 2.24) is 4.90 Å². The van der Waals surface area contributed by atoms with Gasteiger partial charge in [0.15, 0.2) is 0 Å². The number of benzene rings is 2. The number of phenols is 2. The number of aliphatic hydroxyl groups is 1. The molecule has 0 bridgehead atoms. The highest BCUT2D eigenvalue weighted by Crippen LogP contribution is 2.34. The smallest absolute Gasteiger partial charge is 0.411 e. The van der Waals surface area contributed by atoms with Crippen LogP contribution in [0.2, 0.25) is 0 Å². The molecule has 0 fully saturated rings. The van der Waals surface area contributed by atoms with Crippen molar-refractivity contribution in [2.24, 2.45) is 0 Å². The molecule has 3 rings (SSSR count). The molecule has 0 aliphatic carbocycles. The van der Waals surface area contributed by atoms with Crippen LogP contribution in [-0.4, -0.2) is 57.6 Å². The van der Waals surface area contributed by atoms with Crippen molar-refractivity contribution >= 4 is 12.1 Å². The summed E-state index contributed by atoms with van der Waals surface area (Å²) in [6.45, 7) is 5.40. The van der Waals surface area contributed by atoms with Crippen molar-refractivity contribution in [3.05, 3.63) is 58.7 Å². The fourth-order valence-electron chi connectivity index (χ4n) is 4.25. The Morgan fingerprint density at radius 3 is 2.38 bits per heavy atom. The van der Waals surface area contributed by atoms with E-state index < -0.39 is 23.7 Å². The van der Waals surface area contributed by atoms with Crippen molar-refractivity contribution in [3.8, 4) is 11.5 Å². The Labute approximate surface area is 199 Å². The largest absolute Gasteiger partial charge is 0.508 e. The molecular formula is C26H33NO7. The van der Waals surface area contributed by atoms with Gasteiger partial charge in [-0.2, -0.15) is 0 Å². The first kappa shape index (κ1) is 25.4. The number of ether oxygens (including phenoxy) is 2. The van der Waals surface area contributed by atoms with Gasteiger partial charge >= 0.3 is 12.1 Å². The van der Waals surface area contributed by atoms with E-state index in [2.05, 4.69) is 0 Å². The van der Waals surface area contributed by atoms with Gasteiger partial charge in [0.1, 0.15) is 23.1 Å². The lowest BCUT2D eigenvalue weighted by molar-refractivity contribution is -0.147. The van der Waals surface area contributed by atoms with Gasteiger partial charge in [-0.1, -0.05) is 18.2 Å². The molecule has 8 heteroatoms. The van der Waals surface area contributed by atoms with Crippen LogP contribution in [0.15, 0.2) is 36.4 Å². The Kier molecular flexibility index (Phi) is 7.71. The molecule has 8 nitrogen and oxygen atoms in total. The second-order valence-electron chi connectivity index (χ2n) is 9.61. The average Bonchev–Trinajstić information content (AvgIpc) is 2.77. The molecule has 0 saturated carbocycles. The Hall–Kier alpha value is -3.26. The number of aliphatic hydroxyl groups excluding tert-OH is 1. The van der Waals surface area contributed by atoms with E-state index in [-0.39, 0.29) is 37.0 Å². The summed E-state index contributed by atoms with van der Waals surface area (Å²) in [5.74, 6) is -0.376. The van der Waals surface area contributed by atoms with Crippen LogP contribution >= 0.6 is 0 Å². The summed E-state index contributed by atoms with van der Waals surface area (Å²) in [5.41, 5.74) is 2.46. The second kappa shape index (κ2) is 10.3. The van der Waals surface area contributed by atoms with Crippen LogP contribution in [0.3, 0.4) is 0 Å². The molecule has 1 amide bonds. The highest BCUT2D eigenvalue weighted by atomic mass is 16.6. The van der Waals surface area contributed by atoms with Gasteiger partial charge in [0.05, 0.1) is 13.7 Å². The fourth-order valence-corrected chi connectivity index (χ4v) is 4.25. The maximum atomic E-state index is 12.9. The number of phenolic OH excluding ortho intramolecular Hbond substituents is 2. The molecule has 1 aliphatic heterocycles. The number of nitrogens with zero attached hydrogens (tertiary/aromatic N) is 1. The van der Waals surface area contributed by atoms with Gasteiger partial charge in [0.2, 0.25) is 0 Å². The van der Waals surface area contributed by atoms with Crippen LogP contribution in [-0.2, 0) is 33.7 Å². The fraction of sp³-hybridized carbons (Fsp3) is 0.462. The molecule has 34 heavy (non-hydrogen) atoms. The zero-order valence-corrected chi connectivity index (χ0v) is 20.1. The van der Waals surface area contributed by atoms with Crippen molar-refractivity contribution in [2.45, 2.75) is 64.1 Å². The van der Waals surface area contributed by atoms with Gasteiger partial charge in [-0.3, -0.25) is 4.90 Å². The zero-order valence-electron chi connectivity index (χ0n) is 20.1. The minimum Gasteiger partial charge on any atom is -0.508 e. The third kappa shape index (κ3) is 5.99. The normalized spacial score (nSPS) is 16.5. The van der Waals surface area contributed by atoms with E-state index in [1.165, 1.54) is 12.0 Å². The molecule has 1 heterocycles. The van der Waals surface area contributed by atoms with E-state index in [1.807, 2.05) is 6.07 Å². The summed E-state index contributed by atoms with van der Waals surface area (Å²) in [6, 6.07) is 9.43. The zero-order chi connectivity index (χ0) is 25.0. The van der Waals surface area contributed by atoms with Gasteiger partial charge in [-0.15, -0.1) is 0 Å². The standard InChI is InChI=1S/C26H33NO7/c1-26(2,3)34-25(32)27-15-20-12-19(23(30)14-18(20)13-22(27)24(31)33-4)11-17(9-10-28)16-5-7-21(29)8-6-16/h5-8,12,14,17,22,28-30H,9-11,13,15H2,1-4H3/t17-,22-/m0/s1. The number of carbonyl (C=O) groups excluding carboxylic acids is 2. The molecule has 1 aliphatic rings. The van der Waals surface area contributed by atoms with Crippen LogP contribution in [0.25, 0.3) is 0 Å². The van der Waals surface area contributed by atoms with Gasteiger partial charge in [-0.05, 0) is 80.0 Å². The number of carbonyl (C=O) groups is 2. The lowest BCUT2D eigenvalue weighted by Gasteiger charge is -2.36. The van der Waals surface area contributed by atoms with Crippen LogP contribution in [0, 0.1) is 0 Å². The van der Waals surface area contributed by atoms with Crippen LogP contribution < -0.4 is 0 Å². The second-order valence-corrected chi connectivity index (χ2v) is 9.61. The summed E-state index contributed by atoms with van der Waals surface area (Å²) in [7, 11) is 1.27. The molecule has 2 aromatic rings. The maximum absolute atomic E-state index is 12.9. The molecule has 184 valence electrons. The Balaban J connectivity index is 1.92. The Morgan fingerprint density at radius 2 is 1.79 bits per heavy atom. The highest BCUT2D eigenvalue weighted by Gasteiger charge is 2.38. The maximum Gasteiger partial charge on any atom is 0.411 e.